The highest BCUT2D eigenvalue weighted by Gasteiger charge is 2.20. The van der Waals surface area contributed by atoms with Crippen LogP contribution in [-0.2, 0) is 17.6 Å². The van der Waals surface area contributed by atoms with E-state index >= 15 is 0 Å². The molecule has 2 N–H and O–H groups in total. The monoisotopic (exact) mass is 483 g/mol. The lowest BCUT2D eigenvalue weighted by molar-refractivity contribution is -0.118. The molecule has 176 valence electrons. The fraction of sp³-hybridized carbons (Fsp3) is 0.462. The molecule has 7 heteroatoms. The first-order valence-electron chi connectivity index (χ1n) is 11.7. The number of ketones is 2. The van der Waals surface area contributed by atoms with Gasteiger partial charge in [-0.1, -0.05) is 51.3 Å². The van der Waals surface area contributed by atoms with Gasteiger partial charge in [0, 0.05) is 41.4 Å². The molecule has 2 aromatic heterocycles. The first-order valence-corrected chi connectivity index (χ1v) is 13.4. The van der Waals surface area contributed by atoms with E-state index in [0.29, 0.717) is 36.6 Å². The van der Waals surface area contributed by atoms with Crippen molar-refractivity contribution in [3.8, 4) is 10.0 Å². The van der Waals surface area contributed by atoms with E-state index < -0.39 is 0 Å². The summed E-state index contributed by atoms with van der Waals surface area (Å²) in [6.07, 6.45) is 8.96. The Morgan fingerprint density at radius 2 is 1.73 bits per heavy atom. The normalized spacial score (nSPS) is 11.2. The summed E-state index contributed by atoms with van der Waals surface area (Å²) in [4.78, 5) is 35.2. The molecule has 0 aliphatic carbocycles. The predicted octanol–water partition coefficient (Wildman–Crippen LogP) is 6.77. The Morgan fingerprint density at radius 1 is 1.00 bits per heavy atom. The molecule has 0 spiro atoms. The molecule has 0 bridgehead atoms. The minimum atomic E-state index is 0.139. The Kier molecular flexibility index (Phi) is 9.76. The number of nitrogens with two attached hydrogens (primary N) is 1. The van der Waals surface area contributed by atoms with Gasteiger partial charge >= 0.3 is 0 Å². The number of anilines is 1. The Labute approximate surface area is 204 Å². The second kappa shape index (κ2) is 12.8. The average molecular weight is 484 g/mol. The summed E-state index contributed by atoms with van der Waals surface area (Å²) in [6.45, 7) is 4.33. The first kappa shape index (κ1) is 25.2. The Hall–Kier alpha value is -2.38. The summed E-state index contributed by atoms with van der Waals surface area (Å²) in [6, 6.07) is 7.55. The zero-order valence-corrected chi connectivity index (χ0v) is 21.1. The Balaban J connectivity index is 1.38. The van der Waals surface area contributed by atoms with E-state index in [-0.39, 0.29) is 11.6 Å². The number of hydrogen-bond donors (Lipinski definition) is 1. The minimum absolute atomic E-state index is 0.139. The molecule has 33 heavy (non-hydrogen) atoms. The van der Waals surface area contributed by atoms with Crippen LogP contribution in [0.4, 0.5) is 5.69 Å². The lowest BCUT2D eigenvalue weighted by Crippen LogP contribution is -2.05. The number of carbonyl (C=O) groups excluding carboxylic acids is 2. The zero-order valence-electron chi connectivity index (χ0n) is 19.5. The van der Waals surface area contributed by atoms with Gasteiger partial charge in [-0.2, -0.15) is 0 Å². The Bertz CT molecular complexity index is 1040. The van der Waals surface area contributed by atoms with Crippen molar-refractivity contribution in [2.45, 2.75) is 71.6 Å². The molecule has 0 saturated heterocycles. The van der Waals surface area contributed by atoms with Crippen LogP contribution in [0.5, 0.6) is 0 Å². The quantitative estimate of drug-likeness (QED) is 0.155. The molecule has 0 aliphatic rings. The number of nitrogen functional groups attached to an aromatic ring is 1. The maximum Gasteiger partial charge on any atom is 0.182 e. The smallest absolute Gasteiger partial charge is 0.182 e. The van der Waals surface area contributed by atoms with Gasteiger partial charge in [0.1, 0.15) is 11.5 Å². The Morgan fingerprint density at radius 3 is 2.42 bits per heavy atom. The average Bonchev–Trinajstić information content (AvgIpc) is 3.44. The predicted molar refractivity (Wildman–Crippen MR) is 138 cm³/mol. The van der Waals surface area contributed by atoms with Gasteiger partial charge in [-0.15, -0.1) is 22.7 Å². The van der Waals surface area contributed by atoms with Crippen molar-refractivity contribution in [3.63, 3.8) is 0 Å². The molecule has 0 radical (unpaired) electrons. The van der Waals surface area contributed by atoms with E-state index in [9.17, 15) is 9.59 Å². The van der Waals surface area contributed by atoms with Crippen LogP contribution in [0.2, 0.25) is 0 Å². The van der Waals surface area contributed by atoms with Crippen LogP contribution in [-0.4, -0.2) is 21.5 Å². The van der Waals surface area contributed by atoms with E-state index in [1.165, 1.54) is 0 Å². The van der Waals surface area contributed by atoms with E-state index in [2.05, 4.69) is 23.8 Å². The largest absolute Gasteiger partial charge is 0.398 e. The molecule has 0 aliphatic heterocycles. The zero-order chi connectivity index (χ0) is 23.6. The van der Waals surface area contributed by atoms with Crippen molar-refractivity contribution in [2.24, 2.45) is 5.92 Å². The third kappa shape index (κ3) is 7.86. The summed E-state index contributed by atoms with van der Waals surface area (Å²) in [5, 5.41) is 3.67. The van der Waals surface area contributed by atoms with Crippen molar-refractivity contribution in [3.05, 3.63) is 52.0 Å². The van der Waals surface area contributed by atoms with Crippen LogP contribution in [0.3, 0.4) is 0 Å². The molecular formula is C26H33N3O2S2. The standard InChI is InChI=1S/C26H33N3O2S2/c1-18(2)16-23-24(29-26(33-23)25-28-14-15-32-25)22(31)13-7-5-3-4-6-11-20(30)17-19-10-8-9-12-21(19)27/h8-10,12,14-15,18H,3-7,11,13,16-17,27H2,1-2H3. The molecule has 0 saturated carbocycles. The van der Waals surface area contributed by atoms with Gasteiger partial charge in [0.15, 0.2) is 15.8 Å². The molecule has 0 fully saturated rings. The summed E-state index contributed by atoms with van der Waals surface area (Å²) in [5.74, 6) is 0.850. The van der Waals surface area contributed by atoms with Crippen molar-refractivity contribution >= 4 is 39.9 Å². The van der Waals surface area contributed by atoms with Gasteiger partial charge < -0.3 is 5.73 Å². The number of thiazole rings is 2. The van der Waals surface area contributed by atoms with Crippen LogP contribution in [0, 0.1) is 5.92 Å². The summed E-state index contributed by atoms with van der Waals surface area (Å²) < 4.78 is 0. The highest BCUT2D eigenvalue weighted by Crippen LogP contribution is 2.32. The van der Waals surface area contributed by atoms with Gasteiger partial charge in [0.05, 0.1) is 0 Å². The van der Waals surface area contributed by atoms with Crippen LogP contribution in [0.15, 0.2) is 35.8 Å². The number of para-hydroxylation sites is 1. The molecule has 0 amide bonds. The molecule has 0 atom stereocenters. The second-order valence-electron chi connectivity index (χ2n) is 8.83. The molecular weight excluding hydrogens is 450 g/mol. The third-order valence-electron chi connectivity index (χ3n) is 5.47. The highest BCUT2D eigenvalue weighted by molar-refractivity contribution is 7.20. The number of hydrogen-bond acceptors (Lipinski definition) is 7. The van der Waals surface area contributed by atoms with Gasteiger partial charge in [0.25, 0.3) is 0 Å². The topological polar surface area (TPSA) is 85.9 Å². The molecule has 0 unspecified atom stereocenters. The van der Waals surface area contributed by atoms with Crippen LogP contribution in [0.25, 0.3) is 10.0 Å². The maximum absolute atomic E-state index is 12.9. The molecule has 3 rings (SSSR count). The number of rotatable bonds is 14. The maximum atomic E-state index is 12.9. The van der Waals surface area contributed by atoms with Crippen molar-refractivity contribution < 1.29 is 9.59 Å². The number of aromatic nitrogens is 2. The number of Topliss-reactive ketones (excluding diaryl/α,β-unsaturated/α-hetero) is 2. The molecule has 2 heterocycles. The minimum Gasteiger partial charge on any atom is -0.398 e. The van der Waals surface area contributed by atoms with Gasteiger partial charge in [0.2, 0.25) is 0 Å². The van der Waals surface area contributed by atoms with Crippen LogP contribution < -0.4 is 5.73 Å². The molecule has 1 aromatic carbocycles. The van der Waals surface area contributed by atoms with Crippen molar-refractivity contribution in [2.75, 3.05) is 5.73 Å². The fourth-order valence-electron chi connectivity index (χ4n) is 3.75. The van der Waals surface area contributed by atoms with Gasteiger partial charge in [-0.25, -0.2) is 9.97 Å². The number of nitrogens with zero attached hydrogens (tertiary/aromatic N) is 2. The summed E-state index contributed by atoms with van der Waals surface area (Å²) in [7, 11) is 0. The third-order valence-corrected chi connectivity index (χ3v) is 7.47. The van der Waals surface area contributed by atoms with Gasteiger partial charge in [-0.05, 0) is 36.8 Å². The summed E-state index contributed by atoms with van der Waals surface area (Å²) in [5.41, 5.74) is 8.16. The first-order chi connectivity index (χ1) is 15.9. The van der Waals surface area contributed by atoms with E-state index in [4.69, 9.17) is 5.73 Å². The fourth-order valence-corrected chi connectivity index (χ4v) is 5.72. The lowest BCUT2D eigenvalue weighted by atomic mass is 10.0. The van der Waals surface area contributed by atoms with E-state index in [1.807, 2.05) is 29.6 Å². The van der Waals surface area contributed by atoms with Crippen molar-refractivity contribution in [1.29, 1.82) is 0 Å². The molecule has 5 nitrogen and oxygen atoms in total. The number of carbonyl (C=O) groups is 2. The second-order valence-corrected chi connectivity index (χ2v) is 10.8. The number of unbranched alkanes of at least 4 members (excludes halogenated alkanes) is 4. The van der Waals surface area contributed by atoms with Crippen LogP contribution >= 0.6 is 22.7 Å². The van der Waals surface area contributed by atoms with Crippen molar-refractivity contribution in [1.82, 2.24) is 9.97 Å². The highest BCUT2D eigenvalue weighted by atomic mass is 32.1. The van der Waals surface area contributed by atoms with Crippen LogP contribution in [0.1, 0.15) is 79.7 Å². The van der Waals surface area contributed by atoms with E-state index in [1.54, 1.807) is 28.9 Å². The van der Waals surface area contributed by atoms with E-state index in [0.717, 1.165) is 59.0 Å². The van der Waals surface area contributed by atoms with Gasteiger partial charge in [-0.3, -0.25) is 9.59 Å². The summed E-state index contributed by atoms with van der Waals surface area (Å²) >= 11 is 3.16. The SMILES string of the molecule is CC(C)Cc1sc(-c2nccs2)nc1C(=O)CCCCCCCC(=O)Cc1ccccc1N. The molecule has 3 aromatic rings. The number of benzene rings is 1. The lowest BCUT2D eigenvalue weighted by Gasteiger charge is -2.05.